The molecule has 0 aliphatic rings. The summed E-state index contributed by atoms with van der Waals surface area (Å²) in [5, 5.41) is 6.41. The van der Waals surface area contributed by atoms with Gasteiger partial charge in [-0.3, -0.25) is 4.79 Å². The van der Waals surface area contributed by atoms with Crippen LogP contribution in [0.5, 0.6) is 0 Å². The molecule has 0 aliphatic carbocycles. The molecule has 0 atom stereocenters. The van der Waals surface area contributed by atoms with E-state index in [1.165, 1.54) is 32.1 Å². The number of carbonyl (C=O) groups excluding carboxylic acids is 1. The summed E-state index contributed by atoms with van der Waals surface area (Å²) in [4.78, 5) is 11.5. The molecule has 112 valence electrons. The number of benzene rings is 1. The van der Waals surface area contributed by atoms with Gasteiger partial charge in [0.15, 0.2) is 0 Å². The van der Waals surface area contributed by atoms with Crippen molar-refractivity contribution in [2.24, 2.45) is 0 Å². The molecule has 20 heavy (non-hydrogen) atoms. The molecule has 0 radical (unpaired) electrons. The van der Waals surface area contributed by atoms with Gasteiger partial charge in [-0.15, -0.1) is 0 Å². The third-order valence-electron chi connectivity index (χ3n) is 3.52. The molecule has 0 bridgehead atoms. The van der Waals surface area contributed by atoms with Crippen molar-refractivity contribution in [2.75, 3.05) is 17.2 Å². The lowest BCUT2D eigenvalue weighted by Gasteiger charge is -2.14. The van der Waals surface area contributed by atoms with Crippen molar-refractivity contribution in [3.8, 4) is 0 Å². The average molecular weight is 276 g/mol. The van der Waals surface area contributed by atoms with E-state index in [0.717, 1.165) is 23.5 Å². The van der Waals surface area contributed by atoms with E-state index in [2.05, 4.69) is 23.6 Å². The summed E-state index contributed by atoms with van der Waals surface area (Å²) in [6.07, 6.45) is 6.93. The van der Waals surface area contributed by atoms with Crippen molar-refractivity contribution in [3.05, 3.63) is 23.8 Å². The Bertz CT molecular complexity index is 415. The van der Waals surface area contributed by atoms with Crippen molar-refractivity contribution in [3.63, 3.8) is 0 Å². The van der Waals surface area contributed by atoms with Gasteiger partial charge in [0.25, 0.3) is 0 Å². The molecule has 0 saturated heterocycles. The van der Waals surface area contributed by atoms with Crippen LogP contribution in [0.3, 0.4) is 0 Å². The van der Waals surface area contributed by atoms with E-state index in [9.17, 15) is 4.79 Å². The van der Waals surface area contributed by atoms with E-state index in [1.54, 1.807) is 0 Å². The first-order valence-corrected chi connectivity index (χ1v) is 7.82. The lowest BCUT2D eigenvalue weighted by atomic mass is 10.1. The standard InChI is InChI=1S/C17H28N2O/c1-4-6-7-8-9-13-18-15-11-10-12-16(14(15)3)19-17(20)5-2/h10-12,18H,4-9,13H2,1-3H3,(H,19,20). The second-order valence-corrected chi connectivity index (χ2v) is 5.22. The zero-order chi connectivity index (χ0) is 14.8. The van der Waals surface area contributed by atoms with Gasteiger partial charge in [0.1, 0.15) is 0 Å². The van der Waals surface area contributed by atoms with Crippen molar-refractivity contribution in [2.45, 2.75) is 59.3 Å². The predicted molar refractivity (Wildman–Crippen MR) is 87.3 cm³/mol. The summed E-state index contributed by atoms with van der Waals surface area (Å²) >= 11 is 0. The molecular weight excluding hydrogens is 248 g/mol. The molecule has 0 unspecified atom stereocenters. The summed E-state index contributed by atoms with van der Waals surface area (Å²) in [5.74, 6) is 0.0600. The quantitative estimate of drug-likeness (QED) is 0.640. The summed E-state index contributed by atoms with van der Waals surface area (Å²) in [6.45, 7) is 7.14. The van der Waals surface area contributed by atoms with Crippen LogP contribution >= 0.6 is 0 Å². The molecule has 0 aliphatic heterocycles. The van der Waals surface area contributed by atoms with E-state index in [4.69, 9.17) is 0 Å². The summed E-state index contributed by atoms with van der Waals surface area (Å²) in [6, 6.07) is 6.01. The molecule has 1 rings (SSSR count). The van der Waals surface area contributed by atoms with Gasteiger partial charge in [0.05, 0.1) is 0 Å². The Balaban J connectivity index is 2.46. The first kappa shape index (κ1) is 16.5. The molecule has 3 heteroatoms. The second kappa shape index (κ2) is 9.40. The van der Waals surface area contributed by atoms with E-state index in [1.807, 2.05) is 26.0 Å². The molecule has 1 aromatic rings. The van der Waals surface area contributed by atoms with Crippen LogP contribution < -0.4 is 10.6 Å². The zero-order valence-corrected chi connectivity index (χ0v) is 13.1. The summed E-state index contributed by atoms with van der Waals surface area (Å²) in [7, 11) is 0. The molecule has 0 fully saturated rings. The molecule has 0 spiro atoms. The number of nitrogens with one attached hydrogen (secondary N) is 2. The third-order valence-corrected chi connectivity index (χ3v) is 3.52. The first-order valence-electron chi connectivity index (χ1n) is 7.82. The van der Waals surface area contributed by atoms with Gasteiger partial charge < -0.3 is 10.6 Å². The number of unbranched alkanes of at least 4 members (excludes halogenated alkanes) is 4. The maximum Gasteiger partial charge on any atom is 0.224 e. The number of carbonyl (C=O) groups is 1. The SMILES string of the molecule is CCCCCCCNc1cccc(NC(=O)CC)c1C. The Morgan fingerprint density at radius 3 is 2.45 bits per heavy atom. The van der Waals surface area contributed by atoms with E-state index < -0.39 is 0 Å². The third kappa shape index (κ3) is 5.64. The van der Waals surface area contributed by atoms with Crippen LogP contribution in [0.25, 0.3) is 0 Å². The van der Waals surface area contributed by atoms with Gasteiger partial charge in [-0.1, -0.05) is 45.6 Å². The number of hydrogen-bond acceptors (Lipinski definition) is 2. The zero-order valence-electron chi connectivity index (χ0n) is 13.1. The lowest BCUT2D eigenvalue weighted by molar-refractivity contribution is -0.115. The van der Waals surface area contributed by atoms with E-state index in [0.29, 0.717) is 6.42 Å². The number of hydrogen-bond donors (Lipinski definition) is 2. The Kier molecular flexibility index (Phi) is 7.78. The molecule has 0 heterocycles. The van der Waals surface area contributed by atoms with Gasteiger partial charge in [0.2, 0.25) is 5.91 Å². The van der Waals surface area contributed by atoms with Crippen LogP contribution in [0, 0.1) is 6.92 Å². The maximum atomic E-state index is 11.5. The predicted octanol–water partition coefficient (Wildman–Crippen LogP) is 4.73. The largest absolute Gasteiger partial charge is 0.385 e. The minimum Gasteiger partial charge on any atom is -0.385 e. The second-order valence-electron chi connectivity index (χ2n) is 5.22. The average Bonchev–Trinajstić information content (AvgIpc) is 2.46. The highest BCUT2D eigenvalue weighted by atomic mass is 16.1. The van der Waals surface area contributed by atoms with Crippen LogP contribution in [0.15, 0.2) is 18.2 Å². The highest BCUT2D eigenvalue weighted by Gasteiger charge is 2.05. The molecule has 1 aromatic carbocycles. The fourth-order valence-electron chi connectivity index (χ4n) is 2.15. The molecule has 3 nitrogen and oxygen atoms in total. The van der Waals surface area contributed by atoms with Crippen LogP contribution in [-0.2, 0) is 4.79 Å². The highest BCUT2D eigenvalue weighted by molar-refractivity contribution is 5.92. The molecule has 0 saturated carbocycles. The van der Waals surface area contributed by atoms with Crippen molar-refractivity contribution < 1.29 is 4.79 Å². The Morgan fingerprint density at radius 2 is 1.75 bits per heavy atom. The minimum atomic E-state index is 0.0600. The minimum absolute atomic E-state index is 0.0600. The highest BCUT2D eigenvalue weighted by Crippen LogP contribution is 2.23. The van der Waals surface area contributed by atoms with Crippen molar-refractivity contribution in [1.29, 1.82) is 0 Å². The Labute approximate surface area is 123 Å². The number of amides is 1. The maximum absolute atomic E-state index is 11.5. The summed E-state index contributed by atoms with van der Waals surface area (Å²) in [5.41, 5.74) is 3.14. The van der Waals surface area contributed by atoms with Gasteiger partial charge in [0, 0.05) is 24.3 Å². The number of rotatable bonds is 9. The van der Waals surface area contributed by atoms with E-state index >= 15 is 0 Å². The Hall–Kier alpha value is -1.51. The lowest BCUT2D eigenvalue weighted by Crippen LogP contribution is -2.11. The van der Waals surface area contributed by atoms with Gasteiger partial charge in [-0.25, -0.2) is 0 Å². The van der Waals surface area contributed by atoms with Crippen molar-refractivity contribution in [1.82, 2.24) is 0 Å². The Morgan fingerprint density at radius 1 is 1.05 bits per heavy atom. The topological polar surface area (TPSA) is 41.1 Å². The molecular formula is C17H28N2O. The molecule has 0 aromatic heterocycles. The summed E-state index contributed by atoms with van der Waals surface area (Å²) < 4.78 is 0. The smallest absolute Gasteiger partial charge is 0.224 e. The first-order chi connectivity index (χ1) is 9.69. The fourth-order valence-corrected chi connectivity index (χ4v) is 2.15. The van der Waals surface area contributed by atoms with Gasteiger partial charge in [-0.05, 0) is 31.0 Å². The van der Waals surface area contributed by atoms with Gasteiger partial charge in [-0.2, -0.15) is 0 Å². The van der Waals surface area contributed by atoms with Gasteiger partial charge >= 0.3 is 0 Å². The fraction of sp³-hybridized carbons (Fsp3) is 0.588. The number of anilines is 2. The monoisotopic (exact) mass is 276 g/mol. The van der Waals surface area contributed by atoms with Crippen LogP contribution in [0.4, 0.5) is 11.4 Å². The van der Waals surface area contributed by atoms with Crippen LogP contribution in [-0.4, -0.2) is 12.5 Å². The van der Waals surface area contributed by atoms with E-state index in [-0.39, 0.29) is 5.91 Å². The molecule has 2 N–H and O–H groups in total. The molecule has 1 amide bonds. The normalized spacial score (nSPS) is 10.3. The van der Waals surface area contributed by atoms with Crippen LogP contribution in [0.2, 0.25) is 0 Å². The van der Waals surface area contributed by atoms with Crippen LogP contribution in [0.1, 0.15) is 57.9 Å². The van der Waals surface area contributed by atoms with Crippen molar-refractivity contribution >= 4 is 17.3 Å².